The van der Waals surface area contributed by atoms with Gasteiger partial charge in [0, 0.05) is 11.1 Å². The van der Waals surface area contributed by atoms with E-state index in [1.807, 2.05) is 12.1 Å². The molecule has 2 aromatic rings. The molecular formula is C13H12ClNO3. The molecule has 0 aliphatic carbocycles. The molecule has 0 bridgehead atoms. The van der Waals surface area contributed by atoms with E-state index in [1.54, 1.807) is 12.1 Å². The summed E-state index contributed by atoms with van der Waals surface area (Å²) in [5.41, 5.74) is 6.00. The molecule has 1 aromatic carbocycles. The maximum atomic E-state index is 11.6. The predicted octanol–water partition coefficient (Wildman–Crippen LogP) is 2.33. The molecule has 0 atom stereocenters. The third kappa shape index (κ3) is 3.12. The summed E-state index contributed by atoms with van der Waals surface area (Å²) >= 11 is 5.85. The fourth-order valence-corrected chi connectivity index (χ4v) is 1.65. The molecule has 0 saturated carbocycles. The maximum Gasteiger partial charge on any atom is 0.227 e. The highest BCUT2D eigenvalue weighted by Crippen LogP contribution is 2.13. The van der Waals surface area contributed by atoms with Crippen molar-refractivity contribution in [3.05, 3.63) is 63.2 Å². The Morgan fingerprint density at radius 3 is 2.83 bits per heavy atom. The second-order valence-electron chi connectivity index (χ2n) is 3.70. The second kappa shape index (κ2) is 5.71. The fraction of sp³-hybridized carbons (Fsp3) is 0.154. The van der Waals surface area contributed by atoms with E-state index in [9.17, 15) is 4.79 Å². The van der Waals surface area contributed by atoms with Crippen LogP contribution in [0.25, 0.3) is 0 Å². The van der Waals surface area contributed by atoms with Crippen molar-refractivity contribution >= 4 is 11.6 Å². The van der Waals surface area contributed by atoms with Gasteiger partial charge in [-0.25, -0.2) is 0 Å². The molecule has 0 unspecified atom stereocenters. The minimum atomic E-state index is -0.247. The van der Waals surface area contributed by atoms with Crippen molar-refractivity contribution in [3.8, 4) is 5.75 Å². The number of ether oxygens (including phenoxy) is 1. The molecule has 2 rings (SSSR count). The van der Waals surface area contributed by atoms with Crippen LogP contribution in [-0.4, -0.2) is 0 Å². The largest absolute Gasteiger partial charge is 0.482 e. The number of halogens is 1. The van der Waals surface area contributed by atoms with Gasteiger partial charge in [0.25, 0.3) is 0 Å². The molecule has 0 spiro atoms. The number of hydrogen-bond donors (Lipinski definition) is 1. The molecule has 94 valence electrons. The Hall–Kier alpha value is -1.78. The fourth-order valence-electron chi connectivity index (χ4n) is 1.44. The number of rotatable bonds is 4. The third-order valence-electron chi connectivity index (χ3n) is 2.34. The van der Waals surface area contributed by atoms with Gasteiger partial charge in [0.1, 0.15) is 18.6 Å². The Kier molecular flexibility index (Phi) is 4.02. The van der Waals surface area contributed by atoms with Crippen LogP contribution in [0.4, 0.5) is 0 Å². The van der Waals surface area contributed by atoms with Crippen molar-refractivity contribution in [3.63, 3.8) is 0 Å². The van der Waals surface area contributed by atoms with Crippen LogP contribution < -0.4 is 15.9 Å². The lowest BCUT2D eigenvalue weighted by molar-refractivity contribution is 0.289. The normalized spacial score (nSPS) is 10.3. The van der Waals surface area contributed by atoms with Crippen LogP contribution in [-0.2, 0) is 13.2 Å². The third-order valence-corrected chi connectivity index (χ3v) is 2.57. The van der Waals surface area contributed by atoms with E-state index in [-0.39, 0.29) is 24.3 Å². The summed E-state index contributed by atoms with van der Waals surface area (Å²) in [6.07, 6.45) is 1.27. The average Bonchev–Trinajstić information content (AvgIpc) is 2.37. The van der Waals surface area contributed by atoms with Gasteiger partial charge in [-0.3, -0.25) is 4.79 Å². The Morgan fingerprint density at radius 1 is 1.33 bits per heavy atom. The Balaban J connectivity index is 2.09. The Morgan fingerprint density at radius 2 is 2.17 bits per heavy atom. The Bertz CT molecular complexity index is 595. The molecule has 4 nitrogen and oxygen atoms in total. The molecule has 0 aliphatic heterocycles. The first-order valence-corrected chi connectivity index (χ1v) is 5.76. The van der Waals surface area contributed by atoms with Crippen molar-refractivity contribution in [1.29, 1.82) is 0 Å². The van der Waals surface area contributed by atoms with Crippen LogP contribution in [0.3, 0.4) is 0 Å². The summed E-state index contributed by atoms with van der Waals surface area (Å²) in [7, 11) is 0. The smallest absolute Gasteiger partial charge is 0.227 e. The van der Waals surface area contributed by atoms with Crippen molar-refractivity contribution in [1.82, 2.24) is 0 Å². The van der Waals surface area contributed by atoms with E-state index in [4.69, 9.17) is 26.5 Å². The van der Waals surface area contributed by atoms with Gasteiger partial charge in [-0.15, -0.1) is 0 Å². The molecule has 0 saturated heterocycles. The van der Waals surface area contributed by atoms with E-state index in [1.165, 1.54) is 12.3 Å². The molecular weight excluding hydrogens is 254 g/mol. The van der Waals surface area contributed by atoms with E-state index >= 15 is 0 Å². The minimum absolute atomic E-state index is 0.159. The van der Waals surface area contributed by atoms with Gasteiger partial charge in [0.2, 0.25) is 11.2 Å². The summed E-state index contributed by atoms with van der Waals surface area (Å²) in [6.45, 7) is 0.442. The van der Waals surface area contributed by atoms with Gasteiger partial charge in [0.15, 0.2) is 0 Å². The van der Waals surface area contributed by atoms with Gasteiger partial charge in [0.05, 0.1) is 6.54 Å². The van der Waals surface area contributed by atoms with Crippen LogP contribution in [0.5, 0.6) is 5.75 Å². The van der Waals surface area contributed by atoms with Gasteiger partial charge in [-0.05, 0) is 17.7 Å². The first-order valence-electron chi connectivity index (χ1n) is 5.38. The zero-order chi connectivity index (χ0) is 13.0. The molecule has 5 heteroatoms. The zero-order valence-corrected chi connectivity index (χ0v) is 10.3. The highest BCUT2D eigenvalue weighted by Gasteiger charge is 2.04. The summed E-state index contributed by atoms with van der Waals surface area (Å²) in [5.74, 6) is 0.585. The van der Waals surface area contributed by atoms with Crippen molar-refractivity contribution in [2.45, 2.75) is 13.2 Å². The first kappa shape index (κ1) is 12.7. The van der Waals surface area contributed by atoms with Crippen LogP contribution in [0.1, 0.15) is 11.3 Å². The lowest BCUT2D eigenvalue weighted by Gasteiger charge is -2.05. The van der Waals surface area contributed by atoms with Crippen molar-refractivity contribution < 1.29 is 9.15 Å². The highest BCUT2D eigenvalue weighted by atomic mass is 35.5. The average molecular weight is 266 g/mol. The molecule has 2 N–H and O–H groups in total. The van der Waals surface area contributed by atoms with E-state index < -0.39 is 0 Å². The monoisotopic (exact) mass is 265 g/mol. The molecule has 0 aliphatic rings. The van der Waals surface area contributed by atoms with Crippen LogP contribution >= 0.6 is 11.6 Å². The zero-order valence-electron chi connectivity index (χ0n) is 9.56. The van der Waals surface area contributed by atoms with Crippen LogP contribution in [0.2, 0.25) is 5.02 Å². The van der Waals surface area contributed by atoms with Gasteiger partial charge in [-0.1, -0.05) is 23.7 Å². The SMILES string of the molecule is NCc1cc(=O)c(OCc2cccc(Cl)c2)co1. The van der Waals surface area contributed by atoms with E-state index in [0.717, 1.165) is 5.56 Å². The molecule has 1 aromatic heterocycles. The van der Waals surface area contributed by atoms with Crippen molar-refractivity contribution in [2.75, 3.05) is 0 Å². The molecule has 1 heterocycles. The Labute approximate surface area is 109 Å². The molecule has 18 heavy (non-hydrogen) atoms. The van der Waals surface area contributed by atoms with E-state index in [2.05, 4.69) is 0 Å². The van der Waals surface area contributed by atoms with Crippen LogP contribution in [0, 0.1) is 0 Å². The first-order chi connectivity index (χ1) is 8.69. The van der Waals surface area contributed by atoms with E-state index in [0.29, 0.717) is 10.8 Å². The summed E-state index contributed by atoms with van der Waals surface area (Å²) in [4.78, 5) is 11.6. The topological polar surface area (TPSA) is 65.5 Å². The number of benzene rings is 1. The quantitative estimate of drug-likeness (QED) is 0.921. The van der Waals surface area contributed by atoms with Crippen LogP contribution in [0.15, 0.2) is 45.8 Å². The highest BCUT2D eigenvalue weighted by molar-refractivity contribution is 6.30. The lowest BCUT2D eigenvalue weighted by atomic mass is 10.2. The number of hydrogen-bond acceptors (Lipinski definition) is 4. The van der Waals surface area contributed by atoms with Gasteiger partial charge < -0.3 is 14.9 Å². The standard InChI is InChI=1S/C13H12ClNO3/c14-10-3-1-2-9(4-10)7-18-13-8-17-11(6-15)5-12(13)16/h1-5,8H,6-7,15H2. The minimum Gasteiger partial charge on any atom is -0.482 e. The summed E-state index contributed by atoms with van der Waals surface area (Å²) in [5, 5.41) is 0.626. The van der Waals surface area contributed by atoms with Crippen molar-refractivity contribution in [2.24, 2.45) is 5.73 Å². The molecule has 0 radical (unpaired) electrons. The van der Waals surface area contributed by atoms with Gasteiger partial charge >= 0.3 is 0 Å². The maximum absolute atomic E-state index is 11.6. The summed E-state index contributed by atoms with van der Waals surface area (Å²) < 4.78 is 10.5. The number of nitrogens with two attached hydrogens (primary N) is 1. The molecule has 0 fully saturated rings. The lowest BCUT2D eigenvalue weighted by Crippen LogP contribution is -2.09. The molecule has 0 amide bonds. The second-order valence-corrected chi connectivity index (χ2v) is 4.13. The van der Waals surface area contributed by atoms with Gasteiger partial charge in [-0.2, -0.15) is 0 Å². The summed E-state index contributed by atoms with van der Waals surface area (Å²) in [6, 6.07) is 8.56. The predicted molar refractivity (Wildman–Crippen MR) is 68.7 cm³/mol.